The monoisotopic (exact) mass is 457 g/mol. The molecule has 2 heterocycles. The molecule has 0 bridgehead atoms. The summed E-state index contributed by atoms with van der Waals surface area (Å²) in [5.74, 6) is 2.11. The van der Waals surface area contributed by atoms with Gasteiger partial charge >= 0.3 is 5.97 Å². The van der Waals surface area contributed by atoms with E-state index >= 15 is 0 Å². The molecule has 4 aliphatic rings. The minimum Gasteiger partial charge on any atom is -0.461 e. The van der Waals surface area contributed by atoms with Gasteiger partial charge in [0.05, 0.1) is 5.56 Å². The molecule has 9 heteroatoms. The maximum Gasteiger partial charge on any atom is 0.323 e. The van der Waals surface area contributed by atoms with Gasteiger partial charge in [0, 0.05) is 25.5 Å². The van der Waals surface area contributed by atoms with Gasteiger partial charge in [0.1, 0.15) is 12.1 Å². The van der Waals surface area contributed by atoms with E-state index in [2.05, 4.69) is 20.2 Å². The lowest BCUT2D eigenvalue weighted by Gasteiger charge is -2.31. The number of nitrogens with zero attached hydrogens (tertiary/aromatic N) is 3. The molecule has 0 radical (unpaired) electrons. The number of anilines is 1. The van der Waals surface area contributed by atoms with Crippen LogP contribution in [0.25, 0.3) is 0 Å². The highest BCUT2D eigenvalue weighted by atomic mass is 16.5. The third-order valence-electron chi connectivity index (χ3n) is 8.19. The Balaban J connectivity index is 1.13. The SMILES string of the molecule is O=C(NO)c1cnc(N2CC3C(CN[C@H](C(=O)OC4CCCC4)C4CCCCC4)C3C2)nc1. The number of aromatic nitrogens is 2. The molecule has 9 nitrogen and oxygen atoms in total. The van der Waals surface area contributed by atoms with E-state index in [0.717, 1.165) is 45.3 Å². The van der Waals surface area contributed by atoms with E-state index in [1.54, 1.807) is 5.48 Å². The average molecular weight is 458 g/mol. The molecule has 1 aromatic rings. The smallest absolute Gasteiger partial charge is 0.323 e. The van der Waals surface area contributed by atoms with Gasteiger partial charge in [-0.2, -0.15) is 0 Å². The number of hydrogen-bond donors (Lipinski definition) is 3. The normalized spacial score (nSPS) is 28.4. The van der Waals surface area contributed by atoms with Crippen molar-refractivity contribution in [1.82, 2.24) is 20.8 Å². The first-order valence-electron chi connectivity index (χ1n) is 12.6. The largest absolute Gasteiger partial charge is 0.461 e. The lowest BCUT2D eigenvalue weighted by Crippen LogP contribution is -2.46. The molecule has 33 heavy (non-hydrogen) atoms. The van der Waals surface area contributed by atoms with Crippen molar-refractivity contribution < 1.29 is 19.5 Å². The highest BCUT2D eigenvalue weighted by Gasteiger charge is 2.56. The van der Waals surface area contributed by atoms with Crippen molar-refractivity contribution in [1.29, 1.82) is 0 Å². The Labute approximate surface area is 194 Å². The Hall–Kier alpha value is -2.26. The molecule has 5 rings (SSSR count). The van der Waals surface area contributed by atoms with Crippen molar-refractivity contribution in [3.05, 3.63) is 18.0 Å². The molecular weight excluding hydrogens is 422 g/mol. The van der Waals surface area contributed by atoms with Crippen LogP contribution in [-0.2, 0) is 9.53 Å². The molecule has 3 aliphatic carbocycles. The van der Waals surface area contributed by atoms with Crippen molar-refractivity contribution in [2.24, 2.45) is 23.7 Å². The number of ether oxygens (including phenoxy) is 1. The van der Waals surface area contributed by atoms with Gasteiger partial charge in [0.15, 0.2) is 0 Å². The predicted molar refractivity (Wildman–Crippen MR) is 121 cm³/mol. The summed E-state index contributed by atoms with van der Waals surface area (Å²) in [6.07, 6.45) is 13.3. The second-order valence-electron chi connectivity index (χ2n) is 10.2. The van der Waals surface area contributed by atoms with Gasteiger partial charge in [0.25, 0.3) is 5.91 Å². The molecule has 1 saturated heterocycles. The topological polar surface area (TPSA) is 117 Å². The fourth-order valence-electron chi connectivity index (χ4n) is 6.20. The van der Waals surface area contributed by atoms with Crippen molar-refractivity contribution in [3.63, 3.8) is 0 Å². The number of carbonyl (C=O) groups excluding carboxylic acids is 2. The van der Waals surface area contributed by atoms with Crippen molar-refractivity contribution in [2.45, 2.75) is 69.9 Å². The van der Waals surface area contributed by atoms with Crippen LogP contribution in [0.4, 0.5) is 5.95 Å². The number of rotatable bonds is 8. The summed E-state index contributed by atoms with van der Waals surface area (Å²) in [5, 5.41) is 12.4. The fourth-order valence-corrected chi connectivity index (χ4v) is 6.20. The summed E-state index contributed by atoms with van der Waals surface area (Å²) in [6.45, 7) is 2.65. The van der Waals surface area contributed by atoms with Crippen LogP contribution >= 0.6 is 0 Å². The maximum absolute atomic E-state index is 13.1. The standard InChI is InChI=1S/C24H35N5O4/c30-22(28-32)16-10-26-24(27-11-16)29-13-19-18(20(19)14-29)12-25-21(15-6-2-1-3-7-15)23(31)33-17-8-4-5-9-17/h10-11,15,17-21,25,32H,1-9,12-14H2,(H,28,30)/t18?,19?,20?,21-/m0/s1. The third kappa shape index (κ3) is 4.99. The average Bonchev–Trinajstić information content (AvgIpc) is 3.21. The number of hydrogen-bond acceptors (Lipinski definition) is 8. The first kappa shape index (κ1) is 22.5. The van der Waals surface area contributed by atoms with Crippen LogP contribution in [0.2, 0.25) is 0 Å². The van der Waals surface area contributed by atoms with Gasteiger partial charge in [-0.25, -0.2) is 15.4 Å². The zero-order valence-electron chi connectivity index (χ0n) is 19.1. The summed E-state index contributed by atoms with van der Waals surface area (Å²) in [5.41, 5.74) is 1.82. The zero-order chi connectivity index (χ0) is 22.8. The Morgan fingerprint density at radius 1 is 1.03 bits per heavy atom. The minimum atomic E-state index is -0.615. The minimum absolute atomic E-state index is 0.0263. The highest BCUT2D eigenvalue weighted by molar-refractivity contribution is 5.92. The number of carbonyl (C=O) groups is 2. The molecular formula is C24H35N5O4. The number of fused-ring (bicyclic) bond motifs is 1. The number of nitrogens with one attached hydrogen (secondary N) is 2. The Morgan fingerprint density at radius 3 is 2.30 bits per heavy atom. The van der Waals surface area contributed by atoms with Gasteiger partial charge in [-0.3, -0.25) is 14.8 Å². The van der Waals surface area contributed by atoms with Crippen molar-refractivity contribution in [2.75, 3.05) is 24.5 Å². The third-order valence-corrected chi connectivity index (χ3v) is 8.19. The fraction of sp³-hybridized carbons (Fsp3) is 0.750. The molecule has 0 spiro atoms. The zero-order valence-corrected chi connectivity index (χ0v) is 19.1. The van der Waals surface area contributed by atoms with Crippen molar-refractivity contribution >= 4 is 17.8 Å². The van der Waals surface area contributed by atoms with Crippen LogP contribution in [0.3, 0.4) is 0 Å². The van der Waals surface area contributed by atoms with E-state index in [1.165, 1.54) is 44.5 Å². The summed E-state index contributed by atoms with van der Waals surface area (Å²) < 4.78 is 5.91. The first-order valence-corrected chi connectivity index (χ1v) is 12.6. The van der Waals surface area contributed by atoms with Crippen LogP contribution in [0.5, 0.6) is 0 Å². The second-order valence-corrected chi connectivity index (χ2v) is 10.2. The van der Waals surface area contributed by atoms with Crippen LogP contribution in [-0.4, -0.2) is 58.8 Å². The first-order chi connectivity index (χ1) is 16.1. The Kier molecular flexibility index (Phi) is 6.78. The van der Waals surface area contributed by atoms with Crippen LogP contribution in [0.1, 0.15) is 68.1 Å². The molecule has 180 valence electrons. The maximum atomic E-state index is 13.1. The Bertz CT molecular complexity index is 826. The second kappa shape index (κ2) is 9.93. The lowest BCUT2D eigenvalue weighted by atomic mass is 9.83. The molecule has 0 aromatic carbocycles. The number of hydroxylamine groups is 1. The Morgan fingerprint density at radius 2 is 1.67 bits per heavy atom. The predicted octanol–water partition coefficient (Wildman–Crippen LogP) is 2.30. The number of piperidine rings is 1. The van der Waals surface area contributed by atoms with E-state index in [1.807, 2.05) is 0 Å². The highest BCUT2D eigenvalue weighted by Crippen LogP contribution is 2.51. The summed E-state index contributed by atoms with van der Waals surface area (Å²) >= 11 is 0. The molecule has 1 amide bonds. The van der Waals surface area contributed by atoms with Gasteiger partial charge in [-0.15, -0.1) is 0 Å². The van der Waals surface area contributed by atoms with E-state index < -0.39 is 5.91 Å². The molecule has 4 fully saturated rings. The molecule has 3 saturated carbocycles. The van der Waals surface area contributed by atoms with Crippen molar-refractivity contribution in [3.8, 4) is 0 Å². The van der Waals surface area contributed by atoms with Crippen LogP contribution in [0, 0.1) is 23.7 Å². The molecule has 1 aliphatic heterocycles. The van der Waals surface area contributed by atoms with Gasteiger partial charge in [-0.05, 0) is 68.7 Å². The van der Waals surface area contributed by atoms with Crippen LogP contribution < -0.4 is 15.7 Å². The van der Waals surface area contributed by atoms with E-state index in [9.17, 15) is 9.59 Å². The molecule has 3 atom stereocenters. The van der Waals surface area contributed by atoms with Gasteiger partial charge in [0.2, 0.25) is 5.95 Å². The number of amides is 1. The summed E-state index contributed by atoms with van der Waals surface area (Å²) in [7, 11) is 0. The molecule has 2 unspecified atom stereocenters. The van der Waals surface area contributed by atoms with E-state index in [4.69, 9.17) is 9.94 Å². The molecule has 1 aromatic heterocycles. The van der Waals surface area contributed by atoms with E-state index in [-0.39, 0.29) is 23.7 Å². The van der Waals surface area contributed by atoms with Crippen LogP contribution in [0.15, 0.2) is 12.4 Å². The quantitative estimate of drug-likeness (QED) is 0.309. The van der Waals surface area contributed by atoms with Gasteiger partial charge in [-0.1, -0.05) is 19.3 Å². The summed E-state index contributed by atoms with van der Waals surface area (Å²) in [6, 6.07) is -0.170. The van der Waals surface area contributed by atoms with E-state index in [0.29, 0.717) is 29.6 Å². The number of esters is 1. The summed E-state index contributed by atoms with van der Waals surface area (Å²) in [4.78, 5) is 35.2. The lowest BCUT2D eigenvalue weighted by molar-refractivity contribution is -0.153. The molecule has 3 N–H and O–H groups in total. The van der Waals surface area contributed by atoms with Gasteiger partial charge < -0.3 is 15.0 Å².